The highest BCUT2D eigenvalue weighted by Crippen LogP contribution is 2.14. The van der Waals surface area contributed by atoms with Crippen molar-refractivity contribution in [1.29, 1.82) is 0 Å². The molecule has 0 N–H and O–H groups in total. The second-order valence-electron chi connectivity index (χ2n) is 7.00. The minimum atomic E-state index is -0.432. The molecule has 0 unspecified atom stereocenters. The van der Waals surface area contributed by atoms with Gasteiger partial charge in [-0.05, 0) is 10.8 Å². The van der Waals surface area contributed by atoms with Gasteiger partial charge in [0.1, 0.15) is 0 Å². The van der Waals surface area contributed by atoms with Crippen LogP contribution in [0.1, 0.15) is 48.0 Å². The Labute approximate surface area is 116 Å². The summed E-state index contributed by atoms with van der Waals surface area (Å²) < 4.78 is 10.1. The first-order valence-electron chi connectivity index (χ1n) is 6.48. The highest BCUT2D eigenvalue weighted by molar-refractivity contribution is 5.83. The molecule has 0 fully saturated rings. The quantitative estimate of drug-likeness (QED) is 0.569. The third kappa shape index (κ3) is 12.9. The van der Waals surface area contributed by atoms with Crippen molar-refractivity contribution in [1.82, 2.24) is 0 Å². The van der Waals surface area contributed by atoms with Crippen LogP contribution >= 0.6 is 0 Å². The first-order chi connectivity index (χ1) is 8.49. The van der Waals surface area contributed by atoms with Crippen LogP contribution < -0.4 is 0 Å². The zero-order valence-corrected chi connectivity index (χ0v) is 12.9. The number of rotatable bonds is 5. The van der Waals surface area contributed by atoms with E-state index >= 15 is 0 Å². The van der Waals surface area contributed by atoms with E-state index in [2.05, 4.69) is 0 Å². The lowest BCUT2D eigenvalue weighted by Gasteiger charge is -2.17. The lowest BCUT2D eigenvalue weighted by atomic mass is 9.99. The van der Waals surface area contributed by atoms with Gasteiger partial charge in [0.2, 0.25) is 0 Å². The summed E-state index contributed by atoms with van der Waals surface area (Å²) in [4.78, 5) is 22.7. The van der Waals surface area contributed by atoms with E-state index in [1.165, 1.54) is 12.2 Å². The fraction of sp³-hybridized carbons (Fsp3) is 0.733. The Kier molecular flexibility index (Phi) is 6.81. The third-order valence-corrected chi connectivity index (χ3v) is 1.85. The molecule has 0 rings (SSSR count). The van der Waals surface area contributed by atoms with E-state index in [1.807, 2.05) is 41.5 Å². The number of carbonyl (C=O) groups excluding carboxylic acids is 2. The SMILES string of the molecule is CC(C)(C)COC(=O)/C=C/CC(=O)OCC(C)(C)C. The molecule has 0 aromatic rings. The summed E-state index contributed by atoms with van der Waals surface area (Å²) in [5, 5.41) is 0. The van der Waals surface area contributed by atoms with Crippen LogP contribution in [0.15, 0.2) is 12.2 Å². The molecule has 0 atom stereocenters. The van der Waals surface area contributed by atoms with E-state index in [1.54, 1.807) is 0 Å². The Balaban J connectivity index is 3.89. The Bertz CT molecular complexity index is 329. The van der Waals surface area contributed by atoms with Crippen molar-refractivity contribution >= 4 is 11.9 Å². The Morgan fingerprint density at radius 2 is 1.37 bits per heavy atom. The van der Waals surface area contributed by atoms with Gasteiger partial charge in [-0.3, -0.25) is 4.79 Å². The Hall–Kier alpha value is -1.32. The number of carbonyl (C=O) groups is 2. The van der Waals surface area contributed by atoms with Crippen molar-refractivity contribution in [2.45, 2.75) is 48.0 Å². The van der Waals surface area contributed by atoms with E-state index in [9.17, 15) is 9.59 Å². The van der Waals surface area contributed by atoms with Crippen molar-refractivity contribution in [2.75, 3.05) is 13.2 Å². The number of hydrogen-bond acceptors (Lipinski definition) is 4. The van der Waals surface area contributed by atoms with Crippen molar-refractivity contribution in [3.05, 3.63) is 12.2 Å². The van der Waals surface area contributed by atoms with Gasteiger partial charge >= 0.3 is 11.9 Å². The molecule has 0 aliphatic carbocycles. The monoisotopic (exact) mass is 270 g/mol. The fourth-order valence-corrected chi connectivity index (χ4v) is 0.943. The minimum Gasteiger partial charge on any atom is -0.465 e. The molecule has 0 saturated heterocycles. The van der Waals surface area contributed by atoms with Crippen LogP contribution in [0, 0.1) is 10.8 Å². The molecule has 0 radical (unpaired) electrons. The minimum absolute atomic E-state index is 0.0506. The van der Waals surface area contributed by atoms with Crippen LogP contribution in [0.4, 0.5) is 0 Å². The molecule has 4 heteroatoms. The second kappa shape index (κ2) is 7.31. The van der Waals surface area contributed by atoms with Gasteiger partial charge in [-0.2, -0.15) is 0 Å². The van der Waals surface area contributed by atoms with Crippen molar-refractivity contribution in [3.63, 3.8) is 0 Å². The number of hydrogen-bond donors (Lipinski definition) is 0. The molecule has 0 bridgehead atoms. The predicted octanol–water partition coefficient (Wildman–Crippen LogP) is 3.11. The van der Waals surface area contributed by atoms with Crippen LogP contribution in [0.25, 0.3) is 0 Å². The largest absolute Gasteiger partial charge is 0.465 e. The summed E-state index contributed by atoms with van der Waals surface area (Å²) in [7, 11) is 0. The Morgan fingerprint density at radius 3 is 1.84 bits per heavy atom. The van der Waals surface area contributed by atoms with Crippen LogP contribution in [0.5, 0.6) is 0 Å². The number of esters is 2. The maximum Gasteiger partial charge on any atom is 0.330 e. The first kappa shape index (κ1) is 17.7. The second-order valence-corrected chi connectivity index (χ2v) is 7.00. The molecule has 110 valence electrons. The van der Waals surface area contributed by atoms with Gasteiger partial charge in [-0.15, -0.1) is 0 Å². The predicted molar refractivity (Wildman–Crippen MR) is 74.6 cm³/mol. The first-order valence-corrected chi connectivity index (χ1v) is 6.48. The lowest BCUT2D eigenvalue weighted by Crippen LogP contribution is -2.18. The van der Waals surface area contributed by atoms with Gasteiger partial charge in [0.05, 0.1) is 19.6 Å². The summed E-state index contributed by atoms with van der Waals surface area (Å²) in [6, 6.07) is 0. The van der Waals surface area contributed by atoms with E-state index < -0.39 is 5.97 Å². The highest BCUT2D eigenvalue weighted by Gasteiger charge is 2.14. The summed E-state index contributed by atoms with van der Waals surface area (Å²) in [5.74, 6) is -0.770. The molecule has 0 aromatic carbocycles. The normalized spacial score (nSPS) is 12.5. The molecule has 0 spiro atoms. The van der Waals surface area contributed by atoms with Crippen LogP contribution in [-0.2, 0) is 19.1 Å². The smallest absolute Gasteiger partial charge is 0.330 e. The zero-order valence-electron chi connectivity index (χ0n) is 12.9. The van der Waals surface area contributed by atoms with Crippen molar-refractivity contribution in [3.8, 4) is 0 Å². The maximum atomic E-state index is 11.4. The Morgan fingerprint density at radius 1 is 0.895 bits per heavy atom. The average molecular weight is 270 g/mol. The molecule has 0 aliphatic heterocycles. The van der Waals surface area contributed by atoms with Crippen LogP contribution in [-0.4, -0.2) is 25.2 Å². The van der Waals surface area contributed by atoms with E-state index in [-0.39, 0.29) is 23.2 Å². The third-order valence-electron chi connectivity index (χ3n) is 1.85. The molecule has 0 heterocycles. The van der Waals surface area contributed by atoms with Crippen LogP contribution in [0.3, 0.4) is 0 Å². The van der Waals surface area contributed by atoms with Crippen molar-refractivity contribution < 1.29 is 19.1 Å². The van der Waals surface area contributed by atoms with E-state index in [0.717, 1.165) is 0 Å². The molecule has 0 aromatic heterocycles. The van der Waals surface area contributed by atoms with Gasteiger partial charge < -0.3 is 9.47 Å². The molecular weight excluding hydrogens is 244 g/mol. The topological polar surface area (TPSA) is 52.6 Å². The molecule has 4 nitrogen and oxygen atoms in total. The molecule has 0 aliphatic rings. The fourth-order valence-electron chi connectivity index (χ4n) is 0.943. The molecule has 0 amide bonds. The molecular formula is C15H26O4. The average Bonchev–Trinajstić information content (AvgIpc) is 2.22. The van der Waals surface area contributed by atoms with Gasteiger partial charge in [0.15, 0.2) is 0 Å². The highest BCUT2D eigenvalue weighted by atomic mass is 16.5. The van der Waals surface area contributed by atoms with Crippen LogP contribution in [0.2, 0.25) is 0 Å². The standard InChI is InChI=1S/C15H26O4/c1-14(2,3)10-18-12(16)8-7-9-13(17)19-11-15(4,5)6/h7-8H,9-11H2,1-6H3/b8-7+. The lowest BCUT2D eigenvalue weighted by molar-refractivity contribution is -0.145. The van der Waals surface area contributed by atoms with E-state index in [4.69, 9.17) is 9.47 Å². The molecule has 19 heavy (non-hydrogen) atoms. The van der Waals surface area contributed by atoms with Gasteiger partial charge in [-0.25, -0.2) is 4.79 Å². The summed E-state index contributed by atoms with van der Waals surface area (Å²) in [6.07, 6.45) is 2.82. The maximum absolute atomic E-state index is 11.4. The summed E-state index contributed by atoms with van der Waals surface area (Å²) in [5.41, 5.74) is -0.111. The van der Waals surface area contributed by atoms with Gasteiger partial charge in [0, 0.05) is 6.08 Å². The number of ether oxygens (including phenoxy) is 2. The summed E-state index contributed by atoms with van der Waals surface area (Å²) in [6.45, 7) is 12.6. The summed E-state index contributed by atoms with van der Waals surface area (Å²) >= 11 is 0. The van der Waals surface area contributed by atoms with E-state index in [0.29, 0.717) is 13.2 Å². The zero-order chi connectivity index (χ0) is 15.1. The van der Waals surface area contributed by atoms with Gasteiger partial charge in [0.25, 0.3) is 0 Å². The molecule has 0 saturated carbocycles. The van der Waals surface area contributed by atoms with Crippen molar-refractivity contribution in [2.24, 2.45) is 10.8 Å². The van der Waals surface area contributed by atoms with Gasteiger partial charge in [-0.1, -0.05) is 47.6 Å².